The minimum Gasteiger partial charge on any atom is -0.350 e. The van der Waals surface area contributed by atoms with Crippen LogP contribution in [-0.4, -0.2) is 32.4 Å². The number of hydrogen-bond acceptors (Lipinski definition) is 5. The molecular weight excluding hydrogens is 382 g/mol. The van der Waals surface area contributed by atoms with Crippen LogP contribution >= 0.6 is 11.3 Å². The molecule has 4 rings (SSSR count). The van der Waals surface area contributed by atoms with Crippen LogP contribution in [0.5, 0.6) is 0 Å². The third kappa shape index (κ3) is 4.25. The summed E-state index contributed by atoms with van der Waals surface area (Å²) < 4.78 is 1.71. The van der Waals surface area contributed by atoms with E-state index in [0.717, 1.165) is 24.1 Å². The quantitative estimate of drug-likeness (QED) is 0.508. The molecule has 3 aromatic heterocycles. The molecule has 4 aromatic rings. The Morgan fingerprint density at radius 1 is 1.17 bits per heavy atom. The molecule has 6 nitrogen and oxygen atoms in total. The second kappa shape index (κ2) is 8.79. The lowest BCUT2D eigenvalue weighted by Crippen LogP contribution is -2.26. The summed E-state index contributed by atoms with van der Waals surface area (Å²) in [6.07, 6.45) is 5.14. The van der Waals surface area contributed by atoms with Crippen molar-refractivity contribution < 1.29 is 4.79 Å². The van der Waals surface area contributed by atoms with E-state index in [2.05, 4.69) is 45.7 Å². The van der Waals surface area contributed by atoms with E-state index >= 15 is 0 Å². The number of carbonyl (C=O) groups excluding carboxylic acids is 1. The van der Waals surface area contributed by atoms with Gasteiger partial charge in [0.05, 0.1) is 5.69 Å². The van der Waals surface area contributed by atoms with Gasteiger partial charge in [0, 0.05) is 29.4 Å². The highest BCUT2D eigenvalue weighted by atomic mass is 32.1. The summed E-state index contributed by atoms with van der Waals surface area (Å²) in [5.41, 5.74) is 3.79. The molecule has 0 aliphatic rings. The molecular formula is C22H21N5OS. The summed E-state index contributed by atoms with van der Waals surface area (Å²) in [6.45, 7) is 2.65. The number of benzene rings is 1. The molecule has 0 saturated heterocycles. The summed E-state index contributed by atoms with van der Waals surface area (Å²) in [5.74, 6) is -0.238. The van der Waals surface area contributed by atoms with E-state index < -0.39 is 0 Å². The average Bonchev–Trinajstić information content (AvgIpc) is 3.44. The van der Waals surface area contributed by atoms with Crippen LogP contribution in [0, 0.1) is 0 Å². The molecule has 146 valence electrons. The van der Waals surface area contributed by atoms with E-state index in [0.29, 0.717) is 17.9 Å². The first kappa shape index (κ1) is 19.0. The maximum Gasteiger partial charge on any atom is 0.274 e. The zero-order valence-electron chi connectivity index (χ0n) is 16.1. The normalized spacial score (nSPS) is 10.8. The highest BCUT2D eigenvalue weighted by Gasteiger charge is 2.22. The first-order valence-electron chi connectivity index (χ1n) is 9.52. The third-order valence-electron chi connectivity index (χ3n) is 4.62. The summed E-state index contributed by atoms with van der Waals surface area (Å²) in [4.78, 5) is 18.3. The van der Waals surface area contributed by atoms with E-state index in [4.69, 9.17) is 0 Å². The minimum atomic E-state index is -0.238. The number of aryl methyl sites for hydroxylation is 1. The van der Waals surface area contributed by atoms with Crippen molar-refractivity contribution in [3.8, 4) is 16.9 Å². The Morgan fingerprint density at radius 3 is 2.86 bits per heavy atom. The topological polar surface area (TPSA) is 72.7 Å². The molecule has 29 heavy (non-hydrogen) atoms. The number of nitrogens with zero attached hydrogens (tertiary/aromatic N) is 4. The highest BCUT2D eigenvalue weighted by molar-refractivity contribution is 7.09. The zero-order valence-corrected chi connectivity index (χ0v) is 16.9. The van der Waals surface area contributed by atoms with E-state index in [1.165, 1.54) is 10.4 Å². The van der Waals surface area contributed by atoms with Crippen molar-refractivity contribution in [2.45, 2.75) is 19.8 Å². The Hall–Kier alpha value is -3.32. The lowest BCUT2D eigenvalue weighted by Gasteiger charge is -2.09. The number of pyridine rings is 1. The average molecular weight is 404 g/mol. The van der Waals surface area contributed by atoms with Gasteiger partial charge in [0.1, 0.15) is 5.69 Å². The van der Waals surface area contributed by atoms with Crippen LogP contribution in [0.3, 0.4) is 0 Å². The van der Waals surface area contributed by atoms with Crippen LogP contribution in [0.1, 0.15) is 27.9 Å². The van der Waals surface area contributed by atoms with Crippen molar-refractivity contribution in [3.63, 3.8) is 0 Å². The van der Waals surface area contributed by atoms with Crippen molar-refractivity contribution >= 4 is 17.2 Å². The number of hydrogen-bond donors (Lipinski definition) is 1. The van der Waals surface area contributed by atoms with Gasteiger partial charge in [-0.25, -0.2) is 4.68 Å². The molecule has 3 heterocycles. The summed E-state index contributed by atoms with van der Waals surface area (Å²) >= 11 is 1.68. The van der Waals surface area contributed by atoms with Crippen LogP contribution < -0.4 is 5.32 Å². The lowest BCUT2D eigenvalue weighted by molar-refractivity contribution is 0.0950. The molecule has 0 atom stereocenters. The predicted octanol–water partition coefficient (Wildman–Crippen LogP) is 3.93. The van der Waals surface area contributed by atoms with Crippen LogP contribution in [0.4, 0.5) is 0 Å². The molecule has 1 aromatic carbocycles. The second-order valence-corrected chi connectivity index (χ2v) is 7.58. The largest absolute Gasteiger partial charge is 0.350 e. The molecule has 0 saturated carbocycles. The molecule has 1 N–H and O–H groups in total. The number of nitrogens with one attached hydrogen (secondary N) is 1. The van der Waals surface area contributed by atoms with Crippen LogP contribution in [0.25, 0.3) is 16.9 Å². The molecule has 0 radical (unpaired) electrons. The zero-order chi connectivity index (χ0) is 20.1. The van der Waals surface area contributed by atoms with E-state index in [-0.39, 0.29) is 5.91 Å². The Bertz CT molecular complexity index is 1090. The fourth-order valence-corrected chi connectivity index (χ4v) is 3.83. The third-order valence-corrected chi connectivity index (χ3v) is 5.56. The first-order valence-corrected chi connectivity index (χ1v) is 10.4. The van der Waals surface area contributed by atoms with Crippen molar-refractivity contribution in [2.75, 3.05) is 6.54 Å². The molecule has 0 aliphatic heterocycles. The number of carbonyl (C=O) groups is 1. The Balaban J connectivity index is 1.66. The van der Waals surface area contributed by atoms with Crippen LogP contribution in [-0.2, 0) is 12.8 Å². The summed E-state index contributed by atoms with van der Waals surface area (Å²) in [5, 5.41) is 13.5. The highest BCUT2D eigenvalue weighted by Crippen LogP contribution is 2.25. The molecule has 1 amide bonds. The van der Waals surface area contributed by atoms with Crippen molar-refractivity contribution in [1.82, 2.24) is 25.3 Å². The lowest BCUT2D eigenvalue weighted by atomic mass is 10.1. The standard InChI is InChI=1S/C22H21N5OS/c1-2-16-6-3-8-18(14-16)27-21(17-7-4-11-23-15-17)20(25-26-27)22(28)24-12-10-19-9-5-13-29-19/h3-9,11,13-15H,2,10,12H2,1H3,(H,24,28). The SMILES string of the molecule is CCc1cccc(-n2nnc(C(=O)NCCc3cccs3)c2-c2cccnc2)c1. The van der Waals surface area contributed by atoms with E-state index in [1.807, 2.05) is 35.7 Å². The van der Waals surface area contributed by atoms with Gasteiger partial charge < -0.3 is 5.32 Å². The molecule has 0 spiro atoms. The molecule has 7 heteroatoms. The van der Waals surface area contributed by atoms with Crippen LogP contribution in [0.2, 0.25) is 0 Å². The molecule has 0 fully saturated rings. The molecule has 0 bridgehead atoms. The van der Waals surface area contributed by atoms with Gasteiger partial charge in [-0.1, -0.05) is 30.3 Å². The van der Waals surface area contributed by atoms with Crippen molar-refractivity contribution in [2.24, 2.45) is 0 Å². The Morgan fingerprint density at radius 2 is 2.10 bits per heavy atom. The first-order chi connectivity index (χ1) is 14.3. The minimum absolute atomic E-state index is 0.238. The van der Waals surface area contributed by atoms with Gasteiger partial charge in [0.15, 0.2) is 5.69 Å². The van der Waals surface area contributed by atoms with E-state index in [1.54, 1.807) is 28.4 Å². The number of rotatable bonds is 7. The van der Waals surface area contributed by atoms with Crippen LogP contribution in [0.15, 0.2) is 66.3 Å². The molecule has 0 unspecified atom stereocenters. The summed E-state index contributed by atoms with van der Waals surface area (Å²) in [7, 11) is 0. The van der Waals surface area contributed by atoms with Gasteiger partial charge in [-0.2, -0.15) is 0 Å². The maximum absolute atomic E-state index is 12.9. The van der Waals surface area contributed by atoms with Gasteiger partial charge in [-0.15, -0.1) is 16.4 Å². The monoisotopic (exact) mass is 403 g/mol. The maximum atomic E-state index is 12.9. The van der Waals surface area contributed by atoms with Crippen molar-refractivity contribution in [1.29, 1.82) is 0 Å². The van der Waals surface area contributed by atoms with Gasteiger partial charge in [-0.05, 0) is 54.1 Å². The Labute approximate surface area is 173 Å². The molecule has 0 aliphatic carbocycles. The fraction of sp³-hybridized carbons (Fsp3) is 0.182. The number of aromatic nitrogens is 4. The van der Waals surface area contributed by atoms with Gasteiger partial charge >= 0.3 is 0 Å². The smallest absolute Gasteiger partial charge is 0.274 e. The van der Waals surface area contributed by atoms with Crippen molar-refractivity contribution in [3.05, 3.63) is 82.4 Å². The fourth-order valence-electron chi connectivity index (χ4n) is 3.12. The summed E-state index contributed by atoms with van der Waals surface area (Å²) in [6, 6.07) is 15.9. The predicted molar refractivity (Wildman–Crippen MR) is 114 cm³/mol. The van der Waals surface area contributed by atoms with Gasteiger partial charge in [-0.3, -0.25) is 9.78 Å². The van der Waals surface area contributed by atoms with E-state index in [9.17, 15) is 4.79 Å². The Kier molecular flexibility index (Phi) is 5.76. The van der Waals surface area contributed by atoms with Gasteiger partial charge in [0.2, 0.25) is 0 Å². The van der Waals surface area contributed by atoms with Gasteiger partial charge in [0.25, 0.3) is 5.91 Å². The number of amides is 1. The number of thiophene rings is 1. The second-order valence-electron chi connectivity index (χ2n) is 6.55.